The van der Waals surface area contributed by atoms with Gasteiger partial charge in [0, 0.05) is 37.3 Å². The molecule has 0 radical (unpaired) electrons. The number of nitrogens with one attached hydrogen (secondary N) is 2. The van der Waals surface area contributed by atoms with Crippen molar-refractivity contribution in [3.8, 4) is 11.5 Å². The van der Waals surface area contributed by atoms with Gasteiger partial charge in [0.2, 0.25) is 0 Å². The quantitative estimate of drug-likeness (QED) is 0.578. The van der Waals surface area contributed by atoms with Crippen molar-refractivity contribution in [2.45, 2.75) is 19.6 Å². The van der Waals surface area contributed by atoms with E-state index in [0.29, 0.717) is 31.5 Å². The topological polar surface area (TPSA) is 75.1 Å². The Bertz CT molecular complexity index is 796. The van der Waals surface area contributed by atoms with Crippen LogP contribution in [0.15, 0.2) is 41.4 Å². The molecule has 3 N–H and O–H groups in total. The number of hydrogen-bond donors (Lipinski definition) is 3. The van der Waals surface area contributed by atoms with Crippen LogP contribution in [0.5, 0.6) is 11.5 Å². The molecule has 6 nitrogen and oxygen atoms in total. The van der Waals surface area contributed by atoms with Crippen molar-refractivity contribution in [3.05, 3.63) is 53.3 Å². The van der Waals surface area contributed by atoms with Crippen molar-refractivity contribution in [2.75, 3.05) is 25.6 Å². The van der Waals surface area contributed by atoms with Gasteiger partial charge in [0.15, 0.2) is 17.5 Å². The zero-order valence-electron chi connectivity index (χ0n) is 14.6. The third-order valence-electron chi connectivity index (χ3n) is 3.97. The number of aliphatic hydroxyl groups is 1. The largest absolute Gasteiger partial charge is 0.490 e. The molecule has 0 unspecified atom stereocenters. The maximum atomic E-state index is 13.5. The van der Waals surface area contributed by atoms with Crippen molar-refractivity contribution >= 4 is 11.6 Å². The molecule has 0 saturated carbocycles. The highest BCUT2D eigenvalue weighted by Gasteiger charge is 2.11. The second-order valence-electron chi connectivity index (χ2n) is 5.85. The number of aliphatic hydroxyl groups excluding tert-OH is 1. The summed E-state index contributed by atoms with van der Waals surface area (Å²) in [6, 6.07) is 10.3. The molecule has 0 saturated heterocycles. The molecule has 2 aromatic rings. The minimum absolute atomic E-state index is 0.273. The zero-order valence-corrected chi connectivity index (χ0v) is 14.6. The molecule has 1 aliphatic rings. The van der Waals surface area contributed by atoms with E-state index in [1.165, 1.54) is 6.07 Å². The van der Waals surface area contributed by atoms with Gasteiger partial charge in [0.25, 0.3) is 0 Å². The Labute approximate surface area is 151 Å². The number of halogens is 1. The highest BCUT2D eigenvalue weighted by molar-refractivity contribution is 5.93. The normalized spacial score (nSPS) is 13.9. The van der Waals surface area contributed by atoms with Gasteiger partial charge in [-0.3, -0.25) is 4.99 Å². The number of fused-ring (bicyclic) bond motifs is 1. The van der Waals surface area contributed by atoms with Gasteiger partial charge >= 0.3 is 0 Å². The molecule has 0 aromatic heterocycles. The number of ether oxygens (including phenoxy) is 2. The van der Waals surface area contributed by atoms with Gasteiger partial charge in [-0.2, -0.15) is 0 Å². The molecule has 7 heteroatoms. The summed E-state index contributed by atoms with van der Waals surface area (Å²) in [6.07, 6.45) is 0.855. The van der Waals surface area contributed by atoms with Crippen molar-refractivity contribution < 1.29 is 19.0 Å². The molecule has 2 aromatic carbocycles. The van der Waals surface area contributed by atoms with Crippen LogP contribution in [0.4, 0.5) is 10.1 Å². The van der Waals surface area contributed by atoms with Crippen LogP contribution in [-0.4, -0.2) is 31.3 Å². The van der Waals surface area contributed by atoms with Gasteiger partial charge in [-0.25, -0.2) is 4.39 Å². The Balaban J connectivity index is 1.64. The summed E-state index contributed by atoms with van der Waals surface area (Å²) in [5.41, 5.74) is 1.93. The second-order valence-corrected chi connectivity index (χ2v) is 5.85. The van der Waals surface area contributed by atoms with Crippen LogP contribution in [-0.2, 0) is 13.2 Å². The average molecular weight is 359 g/mol. The van der Waals surface area contributed by atoms with E-state index in [2.05, 4.69) is 15.6 Å². The average Bonchev–Trinajstić information content (AvgIpc) is 2.91. The number of nitrogens with zero attached hydrogens (tertiary/aromatic N) is 1. The first-order valence-electron chi connectivity index (χ1n) is 8.45. The molecular formula is C19H22FN3O3. The van der Waals surface area contributed by atoms with Crippen molar-refractivity contribution in [1.82, 2.24) is 5.32 Å². The highest BCUT2D eigenvalue weighted by Crippen LogP contribution is 2.32. The van der Waals surface area contributed by atoms with Crippen LogP contribution >= 0.6 is 0 Å². The standard InChI is InChI=1S/C19H22FN3O3/c1-21-19(22-11-13-3-5-16(20)14(9-13)12-24)23-15-4-6-17-18(10-15)26-8-2-7-25-17/h3-6,9-10,24H,2,7-8,11-12H2,1H3,(H2,21,22,23). The lowest BCUT2D eigenvalue weighted by molar-refractivity contribution is 0.275. The number of rotatable bonds is 4. The van der Waals surface area contributed by atoms with Crippen LogP contribution in [0.2, 0.25) is 0 Å². The Morgan fingerprint density at radius 1 is 1.15 bits per heavy atom. The summed E-state index contributed by atoms with van der Waals surface area (Å²) in [5, 5.41) is 15.5. The van der Waals surface area contributed by atoms with Gasteiger partial charge in [0.1, 0.15) is 5.82 Å². The van der Waals surface area contributed by atoms with Crippen LogP contribution in [0.3, 0.4) is 0 Å². The molecule has 1 heterocycles. The Morgan fingerprint density at radius 3 is 2.73 bits per heavy atom. The lowest BCUT2D eigenvalue weighted by atomic mass is 10.1. The fourth-order valence-corrected chi connectivity index (χ4v) is 2.60. The molecule has 0 bridgehead atoms. The van der Waals surface area contributed by atoms with Gasteiger partial charge in [0.05, 0.1) is 19.8 Å². The number of hydrogen-bond acceptors (Lipinski definition) is 4. The van der Waals surface area contributed by atoms with E-state index in [1.807, 2.05) is 18.2 Å². The molecular weight excluding hydrogens is 337 g/mol. The van der Waals surface area contributed by atoms with Crippen molar-refractivity contribution in [2.24, 2.45) is 4.99 Å². The predicted molar refractivity (Wildman–Crippen MR) is 98.2 cm³/mol. The molecule has 3 rings (SSSR count). The monoisotopic (exact) mass is 359 g/mol. The van der Waals surface area contributed by atoms with E-state index in [0.717, 1.165) is 23.4 Å². The van der Waals surface area contributed by atoms with Crippen LogP contribution in [0, 0.1) is 5.82 Å². The Hall–Kier alpha value is -2.80. The molecule has 0 aliphatic carbocycles. The van der Waals surface area contributed by atoms with Gasteiger partial charge < -0.3 is 25.2 Å². The summed E-state index contributed by atoms with van der Waals surface area (Å²) in [6.45, 7) is 1.39. The van der Waals surface area contributed by atoms with E-state index in [1.54, 1.807) is 19.2 Å². The summed E-state index contributed by atoms with van der Waals surface area (Å²) >= 11 is 0. The van der Waals surface area contributed by atoms with Gasteiger partial charge in [-0.05, 0) is 29.8 Å². The third-order valence-corrected chi connectivity index (χ3v) is 3.97. The molecule has 0 atom stereocenters. The molecule has 0 fully saturated rings. The lowest BCUT2D eigenvalue weighted by Gasteiger charge is -2.14. The third kappa shape index (κ3) is 4.43. The molecule has 0 amide bonds. The maximum absolute atomic E-state index is 13.5. The number of guanidine groups is 1. The van der Waals surface area contributed by atoms with Gasteiger partial charge in [-0.15, -0.1) is 0 Å². The summed E-state index contributed by atoms with van der Waals surface area (Å²) in [7, 11) is 1.67. The molecule has 26 heavy (non-hydrogen) atoms. The fraction of sp³-hybridized carbons (Fsp3) is 0.316. The van der Waals surface area contributed by atoms with Crippen LogP contribution in [0.1, 0.15) is 17.5 Å². The Kier molecular flexibility index (Phi) is 5.91. The first-order chi connectivity index (χ1) is 12.7. The number of anilines is 1. The molecule has 138 valence electrons. The van der Waals surface area contributed by atoms with Crippen LogP contribution in [0.25, 0.3) is 0 Å². The van der Waals surface area contributed by atoms with Crippen molar-refractivity contribution in [1.29, 1.82) is 0 Å². The zero-order chi connectivity index (χ0) is 18.4. The van der Waals surface area contributed by atoms with Crippen molar-refractivity contribution in [3.63, 3.8) is 0 Å². The first-order valence-corrected chi connectivity index (χ1v) is 8.45. The second kappa shape index (κ2) is 8.53. The SMILES string of the molecule is CN=C(NCc1ccc(F)c(CO)c1)Nc1ccc2c(c1)OCCCO2. The van der Waals surface area contributed by atoms with E-state index < -0.39 is 5.82 Å². The van der Waals surface area contributed by atoms with E-state index >= 15 is 0 Å². The lowest BCUT2D eigenvalue weighted by Crippen LogP contribution is -2.30. The highest BCUT2D eigenvalue weighted by atomic mass is 19.1. The minimum Gasteiger partial charge on any atom is -0.490 e. The van der Waals surface area contributed by atoms with Gasteiger partial charge in [-0.1, -0.05) is 6.07 Å². The maximum Gasteiger partial charge on any atom is 0.195 e. The summed E-state index contributed by atoms with van der Waals surface area (Å²) in [4.78, 5) is 4.19. The van der Waals surface area contributed by atoms with E-state index in [4.69, 9.17) is 14.6 Å². The smallest absolute Gasteiger partial charge is 0.195 e. The predicted octanol–water partition coefficient (Wildman–Crippen LogP) is 2.67. The molecule has 0 spiro atoms. The Morgan fingerprint density at radius 2 is 1.96 bits per heavy atom. The van der Waals surface area contributed by atoms with E-state index in [-0.39, 0.29) is 12.2 Å². The number of benzene rings is 2. The van der Waals surface area contributed by atoms with Crippen LogP contribution < -0.4 is 20.1 Å². The summed E-state index contributed by atoms with van der Waals surface area (Å²) in [5.74, 6) is 1.59. The van der Waals surface area contributed by atoms with E-state index in [9.17, 15) is 4.39 Å². The number of aliphatic imine (C=N–C) groups is 1. The minimum atomic E-state index is -0.411. The fourth-order valence-electron chi connectivity index (χ4n) is 2.60. The summed E-state index contributed by atoms with van der Waals surface area (Å²) < 4.78 is 24.8. The molecule has 1 aliphatic heterocycles. The first kappa shape index (κ1) is 18.0.